The summed E-state index contributed by atoms with van der Waals surface area (Å²) in [5.41, 5.74) is 0.977. The molecule has 0 radical (unpaired) electrons. The molecule has 0 unspecified atom stereocenters. The molecule has 0 amide bonds. The van der Waals surface area contributed by atoms with Gasteiger partial charge in [-0.25, -0.2) is 0 Å². The van der Waals surface area contributed by atoms with Crippen molar-refractivity contribution in [2.75, 3.05) is 0 Å². The third-order valence-electron chi connectivity index (χ3n) is 4.32. The van der Waals surface area contributed by atoms with Crippen molar-refractivity contribution in [1.29, 1.82) is 0 Å². The van der Waals surface area contributed by atoms with E-state index in [9.17, 15) is 4.79 Å². The first-order valence-electron chi connectivity index (χ1n) is 7.46. The van der Waals surface area contributed by atoms with Gasteiger partial charge in [0.05, 0.1) is 0 Å². The molecule has 1 aliphatic rings. The Labute approximate surface area is 121 Å². The summed E-state index contributed by atoms with van der Waals surface area (Å²) >= 11 is 6.12. The molecule has 1 saturated carbocycles. The van der Waals surface area contributed by atoms with Crippen LogP contribution >= 0.6 is 11.6 Å². The molecule has 0 atom stereocenters. The molecule has 1 aliphatic carbocycles. The fourth-order valence-electron chi connectivity index (χ4n) is 3.16. The van der Waals surface area contributed by atoms with Gasteiger partial charge in [0.25, 0.3) is 0 Å². The summed E-state index contributed by atoms with van der Waals surface area (Å²) in [5.74, 6) is 1.50. The van der Waals surface area contributed by atoms with Gasteiger partial charge < -0.3 is 0 Å². The number of rotatable bonds is 5. The van der Waals surface area contributed by atoms with E-state index < -0.39 is 0 Å². The van der Waals surface area contributed by atoms with E-state index >= 15 is 0 Å². The van der Waals surface area contributed by atoms with Crippen molar-refractivity contribution in [2.45, 2.75) is 51.9 Å². The van der Waals surface area contributed by atoms with Crippen LogP contribution in [0.25, 0.3) is 0 Å². The molecule has 0 saturated heterocycles. The zero-order valence-corrected chi connectivity index (χ0v) is 12.5. The van der Waals surface area contributed by atoms with Gasteiger partial charge in [-0.05, 0) is 43.2 Å². The Hall–Kier alpha value is -0.820. The molecule has 0 spiro atoms. The van der Waals surface area contributed by atoms with Gasteiger partial charge in [0, 0.05) is 17.4 Å². The van der Waals surface area contributed by atoms with Crippen LogP contribution in [0.3, 0.4) is 0 Å². The smallest absolute Gasteiger partial charge is 0.140 e. The molecule has 0 bridgehead atoms. The van der Waals surface area contributed by atoms with E-state index in [1.165, 1.54) is 25.7 Å². The number of ketones is 1. The predicted molar refractivity (Wildman–Crippen MR) is 80.5 cm³/mol. The highest BCUT2D eigenvalue weighted by atomic mass is 35.5. The SMILES string of the molecule is CCCC1CCC(C(=O)Cc2ccccc2Cl)CC1. The van der Waals surface area contributed by atoms with Gasteiger partial charge in [-0.1, -0.05) is 49.6 Å². The fourth-order valence-corrected chi connectivity index (χ4v) is 3.36. The van der Waals surface area contributed by atoms with E-state index in [-0.39, 0.29) is 5.92 Å². The van der Waals surface area contributed by atoms with Crippen molar-refractivity contribution < 1.29 is 4.79 Å². The van der Waals surface area contributed by atoms with Crippen LogP contribution in [-0.2, 0) is 11.2 Å². The molecular weight excluding hydrogens is 256 g/mol. The minimum Gasteiger partial charge on any atom is -0.299 e. The Morgan fingerprint density at radius 3 is 2.53 bits per heavy atom. The molecule has 19 heavy (non-hydrogen) atoms. The molecule has 0 heterocycles. The van der Waals surface area contributed by atoms with Gasteiger partial charge in [-0.2, -0.15) is 0 Å². The fraction of sp³-hybridized carbons (Fsp3) is 0.588. The summed E-state index contributed by atoms with van der Waals surface area (Å²) in [6, 6.07) is 7.68. The van der Waals surface area contributed by atoms with Gasteiger partial charge in [0.2, 0.25) is 0 Å². The molecule has 1 aromatic rings. The van der Waals surface area contributed by atoms with E-state index in [2.05, 4.69) is 6.92 Å². The van der Waals surface area contributed by atoms with Crippen LogP contribution in [0.5, 0.6) is 0 Å². The van der Waals surface area contributed by atoms with Crippen LogP contribution in [0.1, 0.15) is 51.0 Å². The molecule has 1 fully saturated rings. The molecule has 0 aliphatic heterocycles. The summed E-state index contributed by atoms with van der Waals surface area (Å²) in [6.45, 7) is 2.24. The molecule has 104 valence electrons. The van der Waals surface area contributed by atoms with Crippen LogP contribution in [-0.4, -0.2) is 5.78 Å². The first-order valence-corrected chi connectivity index (χ1v) is 7.84. The maximum Gasteiger partial charge on any atom is 0.140 e. The number of carbonyl (C=O) groups is 1. The quantitative estimate of drug-likeness (QED) is 0.736. The summed E-state index contributed by atoms with van der Waals surface area (Å²) in [4.78, 5) is 12.3. The minimum atomic E-state index is 0.268. The lowest BCUT2D eigenvalue weighted by Gasteiger charge is -2.27. The lowest BCUT2D eigenvalue weighted by atomic mass is 9.77. The predicted octanol–water partition coefficient (Wildman–Crippen LogP) is 5.06. The first kappa shape index (κ1) is 14.6. The highest BCUT2D eigenvalue weighted by molar-refractivity contribution is 6.31. The normalized spacial score (nSPS) is 23.3. The van der Waals surface area contributed by atoms with Crippen LogP contribution in [0.2, 0.25) is 5.02 Å². The maximum atomic E-state index is 12.3. The maximum absolute atomic E-state index is 12.3. The van der Waals surface area contributed by atoms with Crippen molar-refractivity contribution >= 4 is 17.4 Å². The average Bonchev–Trinajstić information content (AvgIpc) is 2.42. The second kappa shape index (κ2) is 7.09. The molecule has 2 rings (SSSR count). The number of Topliss-reactive ketones (excluding diaryl/α,β-unsaturated/α-hetero) is 1. The Morgan fingerprint density at radius 2 is 1.89 bits per heavy atom. The molecule has 2 heteroatoms. The highest BCUT2D eigenvalue weighted by Gasteiger charge is 2.25. The summed E-state index contributed by atoms with van der Waals surface area (Å²) < 4.78 is 0. The van der Waals surface area contributed by atoms with Gasteiger partial charge in [-0.3, -0.25) is 4.79 Å². The summed E-state index contributed by atoms with van der Waals surface area (Å²) in [7, 11) is 0. The first-order chi connectivity index (χ1) is 9.20. The lowest BCUT2D eigenvalue weighted by Crippen LogP contribution is -2.23. The average molecular weight is 279 g/mol. The van der Waals surface area contributed by atoms with Crippen LogP contribution in [0, 0.1) is 11.8 Å². The molecular formula is C17H23ClO. The molecule has 1 nitrogen and oxygen atoms in total. The Balaban J connectivity index is 1.87. The lowest BCUT2D eigenvalue weighted by molar-refractivity contribution is -0.123. The second-order valence-electron chi connectivity index (χ2n) is 5.74. The van der Waals surface area contributed by atoms with Gasteiger partial charge >= 0.3 is 0 Å². The number of halogens is 1. The van der Waals surface area contributed by atoms with E-state index in [4.69, 9.17) is 11.6 Å². The second-order valence-corrected chi connectivity index (χ2v) is 6.15. The Bertz CT molecular complexity index is 419. The van der Waals surface area contributed by atoms with Gasteiger partial charge in [0.15, 0.2) is 0 Å². The largest absolute Gasteiger partial charge is 0.299 e. The topological polar surface area (TPSA) is 17.1 Å². The van der Waals surface area contributed by atoms with Crippen LogP contribution in [0.4, 0.5) is 0 Å². The van der Waals surface area contributed by atoms with E-state index in [1.54, 1.807) is 0 Å². The van der Waals surface area contributed by atoms with Crippen molar-refractivity contribution in [3.8, 4) is 0 Å². The zero-order chi connectivity index (χ0) is 13.7. The number of benzene rings is 1. The van der Waals surface area contributed by atoms with Crippen LogP contribution < -0.4 is 0 Å². The van der Waals surface area contributed by atoms with E-state index in [0.29, 0.717) is 12.2 Å². The summed E-state index contributed by atoms with van der Waals surface area (Å²) in [5, 5.41) is 0.718. The van der Waals surface area contributed by atoms with E-state index in [1.807, 2.05) is 24.3 Å². The summed E-state index contributed by atoms with van der Waals surface area (Å²) in [6.07, 6.45) is 7.71. The standard InChI is InChI=1S/C17H23ClO/c1-2-5-13-8-10-14(11-9-13)17(19)12-15-6-3-4-7-16(15)18/h3-4,6-7,13-14H,2,5,8-12H2,1H3. The third kappa shape index (κ3) is 4.07. The molecule has 0 aromatic heterocycles. The van der Waals surface area contributed by atoms with Gasteiger partial charge in [0.1, 0.15) is 5.78 Å². The third-order valence-corrected chi connectivity index (χ3v) is 4.69. The van der Waals surface area contributed by atoms with E-state index in [0.717, 1.165) is 29.3 Å². The minimum absolute atomic E-state index is 0.268. The highest BCUT2D eigenvalue weighted by Crippen LogP contribution is 2.32. The zero-order valence-electron chi connectivity index (χ0n) is 11.7. The molecule has 1 aromatic carbocycles. The van der Waals surface area contributed by atoms with Crippen molar-refractivity contribution in [3.63, 3.8) is 0 Å². The van der Waals surface area contributed by atoms with Gasteiger partial charge in [-0.15, -0.1) is 0 Å². The monoisotopic (exact) mass is 278 g/mol. The van der Waals surface area contributed by atoms with Crippen molar-refractivity contribution in [2.24, 2.45) is 11.8 Å². The Morgan fingerprint density at radius 1 is 1.21 bits per heavy atom. The number of carbonyl (C=O) groups excluding carboxylic acids is 1. The number of hydrogen-bond acceptors (Lipinski definition) is 1. The van der Waals surface area contributed by atoms with Crippen molar-refractivity contribution in [3.05, 3.63) is 34.9 Å². The van der Waals surface area contributed by atoms with Crippen molar-refractivity contribution in [1.82, 2.24) is 0 Å². The Kier molecular flexibility index (Phi) is 5.45. The number of hydrogen-bond donors (Lipinski definition) is 0. The molecule has 0 N–H and O–H groups in total. The van der Waals surface area contributed by atoms with Crippen LogP contribution in [0.15, 0.2) is 24.3 Å².